The standard InChI is InChI=1S/C3H7NO.C3H8O.C2H6OS/c1-4(2)3-5;1-3(2)4;1-4(2)3/h3H,1-2H3;3-4H,1-2H3;1-2H3. The van der Waals surface area contributed by atoms with Gasteiger partial charge in [0.1, 0.15) is 0 Å². The van der Waals surface area contributed by atoms with Gasteiger partial charge in [0.2, 0.25) is 6.41 Å². The molecule has 0 saturated carbocycles. The summed E-state index contributed by atoms with van der Waals surface area (Å²) in [5.74, 6) is 0. The van der Waals surface area contributed by atoms with E-state index in [1.165, 1.54) is 4.90 Å². The normalized spacial score (nSPS) is 8.08. The van der Waals surface area contributed by atoms with Gasteiger partial charge in [-0.3, -0.25) is 9.00 Å². The van der Waals surface area contributed by atoms with Crippen molar-refractivity contribution in [3.63, 3.8) is 0 Å². The summed E-state index contributed by atoms with van der Waals surface area (Å²) in [7, 11) is 2.76. The lowest BCUT2D eigenvalue weighted by Gasteiger charge is -1.93. The van der Waals surface area contributed by atoms with Gasteiger partial charge in [0.05, 0.1) is 0 Å². The van der Waals surface area contributed by atoms with Crippen molar-refractivity contribution in [2.24, 2.45) is 0 Å². The minimum atomic E-state index is -0.611. The first kappa shape index (κ1) is 18.4. The predicted molar refractivity (Wildman–Crippen MR) is 57.1 cm³/mol. The van der Waals surface area contributed by atoms with Crippen molar-refractivity contribution in [3.8, 4) is 0 Å². The fourth-order valence-corrected chi connectivity index (χ4v) is 0. The minimum Gasteiger partial charge on any atom is -0.394 e. The maximum Gasteiger partial charge on any atom is 0.209 e. The number of rotatable bonds is 1. The number of hydrogen-bond donors (Lipinski definition) is 1. The van der Waals surface area contributed by atoms with Crippen LogP contribution in [0.3, 0.4) is 0 Å². The van der Waals surface area contributed by atoms with Gasteiger partial charge in [-0.15, -0.1) is 0 Å². The maximum atomic E-state index is 9.56. The van der Waals surface area contributed by atoms with Crippen LogP contribution in [0.1, 0.15) is 13.8 Å². The molecule has 5 heteroatoms. The fraction of sp³-hybridized carbons (Fsp3) is 0.875. The smallest absolute Gasteiger partial charge is 0.209 e. The van der Waals surface area contributed by atoms with Gasteiger partial charge in [0.25, 0.3) is 0 Å². The largest absolute Gasteiger partial charge is 0.394 e. The van der Waals surface area contributed by atoms with E-state index in [0.29, 0.717) is 0 Å². The van der Waals surface area contributed by atoms with Crippen molar-refractivity contribution in [3.05, 3.63) is 0 Å². The van der Waals surface area contributed by atoms with E-state index in [1.807, 2.05) is 0 Å². The van der Waals surface area contributed by atoms with E-state index >= 15 is 0 Å². The third-order valence-electron chi connectivity index (χ3n) is 0.211. The molecule has 82 valence electrons. The average Bonchev–Trinajstić information content (AvgIpc) is 1.84. The van der Waals surface area contributed by atoms with Gasteiger partial charge in [-0.25, -0.2) is 0 Å². The Balaban J connectivity index is -0.000000117. The number of aliphatic hydroxyl groups excluding tert-OH is 1. The average molecular weight is 211 g/mol. The molecule has 0 aromatic rings. The first-order valence-corrected chi connectivity index (χ1v) is 5.75. The van der Waals surface area contributed by atoms with Crippen LogP contribution in [0.25, 0.3) is 0 Å². The minimum absolute atomic E-state index is 0.167. The summed E-state index contributed by atoms with van der Waals surface area (Å²) in [6.45, 7) is 3.44. The zero-order chi connectivity index (χ0) is 11.4. The maximum absolute atomic E-state index is 9.56. The van der Waals surface area contributed by atoms with Crippen molar-refractivity contribution < 1.29 is 14.1 Å². The summed E-state index contributed by atoms with van der Waals surface area (Å²) < 4.78 is 9.56. The van der Waals surface area contributed by atoms with Crippen LogP contribution in [-0.4, -0.2) is 53.3 Å². The second kappa shape index (κ2) is 14.1. The van der Waals surface area contributed by atoms with Gasteiger partial charge in [0.15, 0.2) is 0 Å². The summed E-state index contributed by atoms with van der Waals surface area (Å²) in [6.07, 6.45) is 3.86. The lowest BCUT2D eigenvalue weighted by Crippen LogP contribution is -2.06. The van der Waals surface area contributed by atoms with Crippen LogP contribution in [0, 0.1) is 0 Å². The van der Waals surface area contributed by atoms with E-state index in [-0.39, 0.29) is 6.10 Å². The molecule has 0 atom stereocenters. The molecule has 0 aliphatic rings. The molecule has 13 heavy (non-hydrogen) atoms. The Morgan fingerprint density at radius 3 is 1.38 bits per heavy atom. The van der Waals surface area contributed by atoms with Crippen molar-refractivity contribution >= 4 is 17.2 Å². The van der Waals surface area contributed by atoms with Gasteiger partial charge in [-0.1, -0.05) is 0 Å². The Morgan fingerprint density at radius 2 is 1.38 bits per heavy atom. The summed E-state index contributed by atoms with van der Waals surface area (Å²) in [4.78, 5) is 10.9. The van der Waals surface area contributed by atoms with Crippen LogP contribution < -0.4 is 0 Å². The molecule has 0 unspecified atom stereocenters. The molecule has 0 spiro atoms. The molecular formula is C8H21NO3S. The number of carbonyl (C=O) groups is 1. The molecule has 0 radical (unpaired) electrons. The van der Waals surface area contributed by atoms with Gasteiger partial charge >= 0.3 is 0 Å². The topological polar surface area (TPSA) is 57.6 Å². The van der Waals surface area contributed by atoms with Crippen LogP contribution >= 0.6 is 0 Å². The van der Waals surface area contributed by atoms with Gasteiger partial charge in [-0.2, -0.15) is 0 Å². The molecule has 0 heterocycles. The highest BCUT2D eigenvalue weighted by Gasteiger charge is 1.69. The second-order valence-corrected chi connectivity index (χ2v) is 4.39. The Kier molecular flexibility index (Phi) is 20.0. The Bertz CT molecular complexity index is 120. The highest BCUT2D eigenvalue weighted by molar-refractivity contribution is 7.83. The fourth-order valence-electron chi connectivity index (χ4n) is 0. The number of carbonyl (C=O) groups excluding carboxylic acids is 1. The van der Waals surface area contributed by atoms with Crippen molar-refractivity contribution in [2.75, 3.05) is 26.6 Å². The van der Waals surface area contributed by atoms with Gasteiger partial charge in [0, 0.05) is 43.5 Å². The molecule has 4 nitrogen and oxygen atoms in total. The van der Waals surface area contributed by atoms with E-state index in [0.717, 1.165) is 6.41 Å². The van der Waals surface area contributed by atoms with Crippen molar-refractivity contribution in [1.29, 1.82) is 0 Å². The van der Waals surface area contributed by atoms with Crippen LogP contribution in [0.5, 0.6) is 0 Å². The lowest BCUT2D eigenvalue weighted by atomic mass is 10.5. The molecule has 0 aliphatic heterocycles. The zero-order valence-electron chi connectivity index (χ0n) is 9.27. The highest BCUT2D eigenvalue weighted by atomic mass is 32.2. The highest BCUT2D eigenvalue weighted by Crippen LogP contribution is 1.65. The van der Waals surface area contributed by atoms with E-state index in [2.05, 4.69) is 0 Å². The van der Waals surface area contributed by atoms with E-state index in [4.69, 9.17) is 5.11 Å². The van der Waals surface area contributed by atoms with Crippen LogP contribution in [0.4, 0.5) is 0 Å². The van der Waals surface area contributed by atoms with E-state index in [9.17, 15) is 9.00 Å². The van der Waals surface area contributed by atoms with Crippen LogP contribution in [-0.2, 0) is 15.6 Å². The molecule has 0 fully saturated rings. The zero-order valence-corrected chi connectivity index (χ0v) is 10.1. The van der Waals surface area contributed by atoms with Gasteiger partial charge < -0.3 is 10.0 Å². The summed E-state index contributed by atoms with van der Waals surface area (Å²) >= 11 is 0. The van der Waals surface area contributed by atoms with E-state index in [1.54, 1.807) is 40.5 Å². The monoisotopic (exact) mass is 211 g/mol. The molecule has 1 amide bonds. The molecule has 0 saturated heterocycles. The number of hydrogen-bond acceptors (Lipinski definition) is 3. The summed E-state index contributed by atoms with van der Waals surface area (Å²) in [5, 5.41) is 8.06. The molecule has 1 N–H and O–H groups in total. The quantitative estimate of drug-likeness (QED) is 0.625. The first-order valence-electron chi connectivity index (χ1n) is 3.78. The Morgan fingerprint density at radius 1 is 1.31 bits per heavy atom. The van der Waals surface area contributed by atoms with E-state index < -0.39 is 10.8 Å². The van der Waals surface area contributed by atoms with Crippen LogP contribution in [0.2, 0.25) is 0 Å². The molecule has 0 rings (SSSR count). The van der Waals surface area contributed by atoms with Crippen LogP contribution in [0.15, 0.2) is 0 Å². The predicted octanol–water partition coefficient (Wildman–Crippen LogP) is 0.0862. The third kappa shape index (κ3) is 426. The Labute approximate surface area is 83.4 Å². The Hall–Kier alpha value is -0.420. The first-order chi connectivity index (χ1) is 5.73. The molecular weight excluding hydrogens is 190 g/mol. The third-order valence-corrected chi connectivity index (χ3v) is 0.211. The van der Waals surface area contributed by atoms with Crippen molar-refractivity contribution in [2.45, 2.75) is 20.0 Å². The number of aliphatic hydroxyl groups is 1. The lowest BCUT2D eigenvalue weighted by molar-refractivity contribution is -0.115. The number of nitrogens with zero attached hydrogens (tertiary/aromatic N) is 1. The van der Waals surface area contributed by atoms with Crippen molar-refractivity contribution in [1.82, 2.24) is 4.90 Å². The molecule has 0 aromatic heterocycles. The number of amides is 1. The molecule has 0 bridgehead atoms. The van der Waals surface area contributed by atoms with Gasteiger partial charge in [-0.05, 0) is 13.8 Å². The summed E-state index contributed by atoms with van der Waals surface area (Å²) in [5.41, 5.74) is 0. The summed E-state index contributed by atoms with van der Waals surface area (Å²) in [6, 6.07) is 0. The second-order valence-electron chi connectivity index (χ2n) is 2.90. The SMILES string of the molecule is CC(C)O.CN(C)C=O.CS(C)=O. The molecule has 0 aliphatic carbocycles. The molecule has 0 aromatic carbocycles.